The monoisotopic (exact) mass is 256 g/mol. The molecule has 0 fully saturated rings. The fourth-order valence-corrected chi connectivity index (χ4v) is 1.51. The van der Waals surface area contributed by atoms with E-state index >= 15 is 0 Å². The molecule has 0 aliphatic carbocycles. The number of aromatic nitrogens is 1. The summed E-state index contributed by atoms with van der Waals surface area (Å²) in [6.45, 7) is 0. The lowest BCUT2D eigenvalue weighted by molar-refractivity contribution is 0.385. The van der Waals surface area contributed by atoms with Gasteiger partial charge in [0.1, 0.15) is 28.9 Å². The van der Waals surface area contributed by atoms with Crippen molar-refractivity contribution in [1.82, 2.24) is 4.98 Å². The van der Waals surface area contributed by atoms with Gasteiger partial charge >= 0.3 is 0 Å². The molecule has 5 heteroatoms. The van der Waals surface area contributed by atoms with Crippen LogP contribution in [0.1, 0.15) is 5.56 Å². The SMILES string of the molecule is COc1cc(OC)cc(Oc2ncccc2C#N)c1. The Morgan fingerprint density at radius 1 is 1.05 bits per heavy atom. The minimum absolute atomic E-state index is 0.250. The summed E-state index contributed by atoms with van der Waals surface area (Å²) in [4.78, 5) is 4.03. The summed E-state index contributed by atoms with van der Waals surface area (Å²) in [5, 5.41) is 8.98. The molecule has 0 atom stereocenters. The van der Waals surface area contributed by atoms with Crippen LogP contribution in [-0.2, 0) is 0 Å². The average Bonchev–Trinajstić information content (AvgIpc) is 2.47. The Labute approximate surface area is 111 Å². The molecule has 19 heavy (non-hydrogen) atoms. The van der Waals surface area contributed by atoms with Crippen LogP contribution in [0.4, 0.5) is 0 Å². The summed E-state index contributed by atoms with van der Waals surface area (Å²) >= 11 is 0. The van der Waals surface area contributed by atoms with Gasteiger partial charge in [0.05, 0.1) is 14.2 Å². The van der Waals surface area contributed by atoms with Crippen LogP contribution in [0, 0.1) is 11.3 Å². The predicted octanol–water partition coefficient (Wildman–Crippen LogP) is 2.76. The first-order valence-electron chi connectivity index (χ1n) is 5.53. The molecular formula is C14H12N2O3. The van der Waals surface area contributed by atoms with E-state index in [2.05, 4.69) is 4.98 Å². The highest BCUT2D eigenvalue weighted by Crippen LogP contribution is 2.30. The molecule has 0 radical (unpaired) electrons. The first kappa shape index (κ1) is 12.7. The van der Waals surface area contributed by atoms with Crippen molar-refractivity contribution in [2.45, 2.75) is 0 Å². The number of benzene rings is 1. The van der Waals surface area contributed by atoms with Crippen molar-refractivity contribution in [2.75, 3.05) is 14.2 Å². The van der Waals surface area contributed by atoms with E-state index in [1.54, 1.807) is 50.7 Å². The standard InChI is InChI=1S/C14H12N2O3/c1-17-11-6-12(18-2)8-13(7-11)19-14-10(9-15)4-3-5-16-14/h3-8H,1-2H3. The maximum atomic E-state index is 8.98. The highest BCUT2D eigenvalue weighted by molar-refractivity contribution is 5.45. The molecule has 0 saturated carbocycles. The van der Waals surface area contributed by atoms with Crippen LogP contribution in [0.15, 0.2) is 36.5 Å². The molecular weight excluding hydrogens is 244 g/mol. The van der Waals surface area contributed by atoms with Gasteiger partial charge in [-0.15, -0.1) is 0 Å². The summed E-state index contributed by atoms with van der Waals surface area (Å²) in [6, 6.07) is 10.5. The van der Waals surface area contributed by atoms with Gasteiger partial charge in [0.2, 0.25) is 5.88 Å². The molecule has 0 unspecified atom stereocenters. The Morgan fingerprint density at radius 2 is 1.68 bits per heavy atom. The summed E-state index contributed by atoms with van der Waals surface area (Å²) in [6.07, 6.45) is 1.56. The van der Waals surface area contributed by atoms with Crippen LogP contribution in [0.5, 0.6) is 23.1 Å². The summed E-state index contributed by atoms with van der Waals surface area (Å²) < 4.78 is 15.9. The van der Waals surface area contributed by atoms with Gasteiger partial charge < -0.3 is 14.2 Å². The van der Waals surface area contributed by atoms with E-state index in [-0.39, 0.29) is 5.88 Å². The van der Waals surface area contributed by atoms with Gasteiger partial charge in [0.15, 0.2) is 0 Å². The first-order chi connectivity index (χ1) is 9.26. The van der Waals surface area contributed by atoms with Crippen molar-refractivity contribution in [3.05, 3.63) is 42.1 Å². The van der Waals surface area contributed by atoms with Gasteiger partial charge in [-0.3, -0.25) is 0 Å². The molecule has 0 aliphatic heterocycles. The van der Waals surface area contributed by atoms with Crippen molar-refractivity contribution < 1.29 is 14.2 Å². The average molecular weight is 256 g/mol. The zero-order chi connectivity index (χ0) is 13.7. The molecule has 1 aromatic heterocycles. The van der Waals surface area contributed by atoms with Gasteiger partial charge in [-0.2, -0.15) is 5.26 Å². The summed E-state index contributed by atoms with van der Waals surface area (Å²) in [5.74, 6) is 1.94. The molecule has 0 saturated heterocycles. The lowest BCUT2D eigenvalue weighted by atomic mass is 10.3. The highest BCUT2D eigenvalue weighted by atomic mass is 16.5. The molecule has 1 aromatic carbocycles. The Kier molecular flexibility index (Phi) is 3.84. The lowest BCUT2D eigenvalue weighted by Crippen LogP contribution is -1.93. The Bertz CT molecular complexity index is 598. The number of rotatable bonds is 4. The first-order valence-corrected chi connectivity index (χ1v) is 5.53. The minimum atomic E-state index is 0.250. The largest absolute Gasteiger partial charge is 0.496 e. The quantitative estimate of drug-likeness (QED) is 0.841. The zero-order valence-corrected chi connectivity index (χ0v) is 10.6. The molecule has 0 amide bonds. The third-order valence-corrected chi connectivity index (χ3v) is 2.43. The van der Waals surface area contributed by atoms with E-state index in [1.165, 1.54) is 0 Å². The molecule has 2 aromatic rings. The van der Waals surface area contributed by atoms with Crippen molar-refractivity contribution in [3.8, 4) is 29.2 Å². The topological polar surface area (TPSA) is 64.4 Å². The Morgan fingerprint density at radius 3 is 2.26 bits per heavy atom. The number of methoxy groups -OCH3 is 2. The van der Waals surface area contributed by atoms with Crippen LogP contribution >= 0.6 is 0 Å². The predicted molar refractivity (Wildman–Crippen MR) is 68.6 cm³/mol. The Hall–Kier alpha value is -2.74. The van der Waals surface area contributed by atoms with Crippen molar-refractivity contribution in [3.63, 3.8) is 0 Å². The number of hydrogen-bond acceptors (Lipinski definition) is 5. The number of pyridine rings is 1. The number of hydrogen-bond donors (Lipinski definition) is 0. The van der Waals surface area contributed by atoms with Gasteiger partial charge in [-0.1, -0.05) is 0 Å². The maximum absolute atomic E-state index is 8.98. The van der Waals surface area contributed by atoms with Gasteiger partial charge in [-0.25, -0.2) is 4.98 Å². The molecule has 0 aliphatic rings. The van der Waals surface area contributed by atoms with E-state index in [9.17, 15) is 0 Å². The van der Waals surface area contributed by atoms with Crippen LogP contribution in [0.3, 0.4) is 0 Å². The van der Waals surface area contributed by atoms with Crippen LogP contribution in [-0.4, -0.2) is 19.2 Å². The van der Waals surface area contributed by atoms with E-state index in [0.717, 1.165) is 0 Å². The minimum Gasteiger partial charge on any atom is -0.496 e. The highest BCUT2D eigenvalue weighted by Gasteiger charge is 2.08. The molecule has 0 bridgehead atoms. The second-order valence-electron chi connectivity index (χ2n) is 3.62. The van der Waals surface area contributed by atoms with Crippen LogP contribution in [0.2, 0.25) is 0 Å². The fraction of sp³-hybridized carbons (Fsp3) is 0.143. The molecule has 1 heterocycles. The van der Waals surface area contributed by atoms with E-state index < -0.39 is 0 Å². The third-order valence-electron chi connectivity index (χ3n) is 2.43. The molecule has 2 rings (SSSR count). The van der Waals surface area contributed by atoms with Crippen LogP contribution < -0.4 is 14.2 Å². The normalized spacial score (nSPS) is 9.53. The van der Waals surface area contributed by atoms with Gasteiger partial charge in [-0.05, 0) is 12.1 Å². The number of nitriles is 1. The Balaban J connectivity index is 2.35. The second-order valence-corrected chi connectivity index (χ2v) is 3.62. The summed E-state index contributed by atoms with van der Waals surface area (Å²) in [7, 11) is 3.11. The smallest absolute Gasteiger partial charge is 0.237 e. The van der Waals surface area contributed by atoms with E-state index in [4.69, 9.17) is 19.5 Å². The lowest BCUT2D eigenvalue weighted by Gasteiger charge is -2.09. The third kappa shape index (κ3) is 2.93. The summed E-state index contributed by atoms with van der Waals surface area (Å²) in [5.41, 5.74) is 0.365. The molecule has 96 valence electrons. The second kappa shape index (κ2) is 5.74. The zero-order valence-electron chi connectivity index (χ0n) is 10.6. The fourth-order valence-electron chi connectivity index (χ4n) is 1.51. The van der Waals surface area contributed by atoms with Crippen molar-refractivity contribution >= 4 is 0 Å². The van der Waals surface area contributed by atoms with E-state index in [1.807, 2.05) is 6.07 Å². The maximum Gasteiger partial charge on any atom is 0.237 e. The van der Waals surface area contributed by atoms with Gasteiger partial charge in [0.25, 0.3) is 0 Å². The van der Waals surface area contributed by atoms with Gasteiger partial charge in [0, 0.05) is 24.4 Å². The number of ether oxygens (including phenoxy) is 3. The van der Waals surface area contributed by atoms with E-state index in [0.29, 0.717) is 22.8 Å². The van der Waals surface area contributed by atoms with Crippen molar-refractivity contribution in [2.24, 2.45) is 0 Å². The number of nitrogens with zero attached hydrogens (tertiary/aromatic N) is 2. The van der Waals surface area contributed by atoms with Crippen molar-refractivity contribution in [1.29, 1.82) is 5.26 Å². The molecule has 0 spiro atoms. The molecule has 5 nitrogen and oxygen atoms in total. The van der Waals surface area contributed by atoms with Crippen LogP contribution in [0.25, 0.3) is 0 Å². The molecule has 0 N–H and O–H groups in total.